The van der Waals surface area contributed by atoms with Crippen molar-refractivity contribution in [1.82, 2.24) is 4.90 Å². The summed E-state index contributed by atoms with van der Waals surface area (Å²) in [4.78, 5) is 2.38. The first-order valence-electron chi connectivity index (χ1n) is 5.63. The molecule has 2 atom stereocenters. The van der Waals surface area contributed by atoms with Crippen LogP contribution in [-0.4, -0.2) is 25.0 Å². The van der Waals surface area contributed by atoms with Gasteiger partial charge in [0.15, 0.2) is 0 Å². The summed E-state index contributed by atoms with van der Waals surface area (Å²) in [5.41, 5.74) is 0. The molecule has 1 nitrogen and oxygen atoms in total. The van der Waals surface area contributed by atoms with Gasteiger partial charge in [0.1, 0.15) is 0 Å². The fourth-order valence-corrected chi connectivity index (χ4v) is 1.69. The van der Waals surface area contributed by atoms with Crippen molar-refractivity contribution in [2.24, 2.45) is 11.8 Å². The second kappa shape index (κ2) is 6.42. The minimum absolute atomic E-state index is 0.773. The standard InChI is InChI=1S/C12H27N/c1-7-11(4)9-12(13(5)6)8-10(2)3/h10-12H,7-9H2,1-6H3. The van der Waals surface area contributed by atoms with Crippen molar-refractivity contribution < 1.29 is 0 Å². The summed E-state index contributed by atoms with van der Waals surface area (Å²) in [6.07, 6.45) is 3.99. The summed E-state index contributed by atoms with van der Waals surface area (Å²) in [7, 11) is 4.41. The van der Waals surface area contributed by atoms with Crippen LogP contribution in [-0.2, 0) is 0 Å². The van der Waals surface area contributed by atoms with Crippen LogP contribution in [0.4, 0.5) is 0 Å². The van der Waals surface area contributed by atoms with E-state index in [2.05, 4.69) is 46.7 Å². The highest BCUT2D eigenvalue weighted by molar-refractivity contribution is 4.70. The van der Waals surface area contributed by atoms with Gasteiger partial charge in [-0.1, -0.05) is 34.1 Å². The molecular formula is C12H27N. The average Bonchev–Trinajstić information content (AvgIpc) is 2.02. The smallest absolute Gasteiger partial charge is 0.00941 e. The van der Waals surface area contributed by atoms with Gasteiger partial charge in [0.25, 0.3) is 0 Å². The molecule has 0 aromatic rings. The lowest BCUT2D eigenvalue weighted by molar-refractivity contribution is 0.216. The van der Waals surface area contributed by atoms with Crippen molar-refractivity contribution in [3.8, 4) is 0 Å². The van der Waals surface area contributed by atoms with Crippen LogP contribution >= 0.6 is 0 Å². The van der Waals surface area contributed by atoms with Crippen LogP contribution in [0.5, 0.6) is 0 Å². The quantitative estimate of drug-likeness (QED) is 0.613. The van der Waals surface area contributed by atoms with Gasteiger partial charge in [-0.2, -0.15) is 0 Å². The van der Waals surface area contributed by atoms with Crippen LogP contribution < -0.4 is 0 Å². The first kappa shape index (κ1) is 13.0. The molecular weight excluding hydrogens is 158 g/mol. The molecule has 0 heterocycles. The van der Waals surface area contributed by atoms with Crippen LogP contribution in [0, 0.1) is 11.8 Å². The maximum atomic E-state index is 2.38. The van der Waals surface area contributed by atoms with E-state index in [1.807, 2.05) is 0 Å². The fourth-order valence-electron chi connectivity index (χ4n) is 1.69. The summed E-state index contributed by atoms with van der Waals surface area (Å²) in [6.45, 7) is 9.27. The molecule has 0 aromatic carbocycles. The van der Waals surface area contributed by atoms with Gasteiger partial charge < -0.3 is 4.90 Å². The Kier molecular flexibility index (Phi) is 6.40. The Hall–Kier alpha value is -0.0400. The van der Waals surface area contributed by atoms with Crippen LogP contribution in [0.3, 0.4) is 0 Å². The van der Waals surface area contributed by atoms with Gasteiger partial charge in [0.05, 0.1) is 0 Å². The molecule has 2 unspecified atom stereocenters. The zero-order chi connectivity index (χ0) is 10.4. The third-order valence-electron chi connectivity index (χ3n) is 2.85. The van der Waals surface area contributed by atoms with Gasteiger partial charge in [0.2, 0.25) is 0 Å². The Balaban J connectivity index is 3.94. The summed E-state index contributed by atoms with van der Waals surface area (Å²) >= 11 is 0. The molecule has 0 saturated heterocycles. The molecule has 0 spiro atoms. The second-order valence-electron chi connectivity index (χ2n) is 5.00. The zero-order valence-corrected chi connectivity index (χ0v) is 10.3. The van der Waals surface area contributed by atoms with Crippen molar-refractivity contribution in [3.63, 3.8) is 0 Å². The third kappa shape index (κ3) is 6.09. The highest BCUT2D eigenvalue weighted by atomic mass is 15.1. The first-order chi connectivity index (χ1) is 5.97. The Labute approximate surface area is 84.5 Å². The number of rotatable bonds is 6. The molecule has 0 aliphatic heterocycles. The predicted molar refractivity (Wildman–Crippen MR) is 61.0 cm³/mol. The Morgan fingerprint density at radius 3 is 1.85 bits per heavy atom. The van der Waals surface area contributed by atoms with E-state index < -0.39 is 0 Å². The summed E-state index contributed by atoms with van der Waals surface area (Å²) in [5, 5.41) is 0. The minimum atomic E-state index is 0.773. The first-order valence-corrected chi connectivity index (χ1v) is 5.63. The largest absolute Gasteiger partial charge is 0.306 e. The second-order valence-corrected chi connectivity index (χ2v) is 5.00. The Morgan fingerprint density at radius 1 is 1.00 bits per heavy atom. The van der Waals surface area contributed by atoms with Crippen molar-refractivity contribution in [2.45, 2.75) is 53.0 Å². The number of nitrogens with zero attached hydrogens (tertiary/aromatic N) is 1. The molecule has 0 bridgehead atoms. The maximum absolute atomic E-state index is 2.38. The van der Waals surface area contributed by atoms with E-state index in [4.69, 9.17) is 0 Å². The zero-order valence-electron chi connectivity index (χ0n) is 10.3. The molecule has 1 heteroatoms. The van der Waals surface area contributed by atoms with E-state index in [0.717, 1.165) is 17.9 Å². The normalized spacial score (nSPS) is 16.6. The summed E-state index contributed by atoms with van der Waals surface area (Å²) in [6, 6.07) is 0.773. The van der Waals surface area contributed by atoms with E-state index in [9.17, 15) is 0 Å². The Bertz CT molecular complexity index is 118. The SMILES string of the molecule is CCC(C)CC(CC(C)C)N(C)C. The summed E-state index contributed by atoms with van der Waals surface area (Å²) in [5.74, 6) is 1.68. The maximum Gasteiger partial charge on any atom is 0.00941 e. The molecule has 0 rings (SSSR count). The van der Waals surface area contributed by atoms with E-state index >= 15 is 0 Å². The van der Waals surface area contributed by atoms with Gasteiger partial charge in [-0.15, -0.1) is 0 Å². The number of hydrogen-bond donors (Lipinski definition) is 0. The minimum Gasteiger partial charge on any atom is -0.306 e. The average molecular weight is 185 g/mol. The van der Waals surface area contributed by atoms with E-state index in [1.54, 1.807) is 0 Å². The molecule has 0 N–H and O–H groups in total. The van der Waals surface area contributed by atoms with Crippen molar-refractivity contribution >= 4 is 0 Å². The molecule has 0 saturated carbocycles. The van der Waals surface area contributed by atoms with Gasteiger partial charge in [-0.3, -0.25) is 0 Å². The van der Waals surface area contributed by atoms with E-state index in [0.29, 0.717) is 0 Å². The monoisotopic (exact) mass is 185 g/mol. The molecule has 13 heavy (non-hydrogen) atoms. The van der Waals surface area contributed by atoms with Crippen molar-refractivity contribution in [1.29, 1.82) is 0 Å². The highest BCUT2D eigenvalue weighted by Gasteiger charge is 2.15. The fraction of sp³-hybridized carbons (Fsp3) is 1.00. The van der Waals surface area contributed by atoms with Crippen LogP contribution in [0.25, 0.3) is 0 Å². The molecule has 0 aliphatic rings. The van der Waals surface area contributed by atoms with E-state index in [1.165, 1.54) is 19.3 Å². The lowest BCUT2D eigenvalue weighted by atomic mass is 9.93. The van der Waals surface area contributed by atoms with Gasteiger partial charge in [-0.25, -0.2) is 0 Å². The van der Waals surface area contributed by atoms with Crippen LogP contribution in [0.1, 0.15) is 47.0 Å². The van der Waals surface area contributed by atoms with Gasteiger partial charge >= 0.3 is 0 Å². The van der Waals surface area contributed by atoms with Crippen molar-refractivity contribution in [3.05, 3.63) is 0 Å². The highest BCUT2D eigenvalue weighted by Crippen LogP contribution is 2.18. The molecule has 0 aromatic heterocycles. The van der Waals surface area contributed by atoms with E-state index in [-0.39, 0.29) is 0 Å². The van der Waals surface area contributed by atoms with Gasteiger partial charge in [-0.05, 0) is 38.8 Å². The summed E-state index contributed by atoms with van der Waals surface area (Å²) < 4.78 is 0. The molecule has 0 aliphatic carbocycles. The van der Waals surface area contributed by atoms with Gasteiger partial charge in [0, 0.05) is 6.04 Å². The molecule has 80 valence electrons. The third-order valence-corrected chi connectivity index (χ3v) is 2.85. The van der Waals surface area contributed by atoms with Crippen LogP contribution in [0.15, 0.2) is 0 Å². The molecule has 0 radical (unpaired) electrons. The lowest BCUT2D eigenvalue weighted by Gasteiger charge is -2.28. The van der Waals surface area contributed by atoms with Crippen molar-refractivity contribution in [2.75, 3.05) is 14.1 Å². The van der Waals surface area contributed by atoms with Crippen LogP contribution in [0.2, 0.25) is 0 Å². The Morgan fingerprint density at radius 2 is 1.54 bits per heavy atom. The predicted octanol–water partition coefficient (Wildman–Crippen LogP) is 3.40. The topological polar surface area (TPSA) is 3.24 Å². The molecule has 0 fully saturated rings. The molecule has 0 amide bonds. The number of hydrogen-bond acceptors (Lipinski definition) is 1. The lowest BCUT2D eigenvalue weighted by Crippen LogP contribution is -2.31.